The zero-order chi connectivity index (χ0) is 22.5. The van der Waals surface area contributed by atoms with Crippen LogP contribution in [0.15, 0.2) is 41.1 Å². The van der Waals surface area contributed by atoms with Crippen LogP contribution >= 0.6 is 0 Å². The molecule has 1 aliphatic heterocycles. The minimum atomic E-state index is 0.0556. The number of pyridine rings is 1. The minimum absolute atomic E-state index is 0.0556. The Morgan fingerprint density at radius 2 is 1.81 bits per heavy atom. The van der Waals surface area contributed by atoms with Crippen molar-refractivity contribution in [3.05, 3.63) is 47.9 Å². The summed E-state index contributed by atoms with van der Waals surface area (Å²) >= 11 is 0. The van der Waals surface area contributed by atoms with Gasteiger partial charge in [0.05, 0.1) is 27.8 Å². The van der Waals surface area contributed by atoms with Crippen molar-refractivity contribution in [1.29, 1.82) is 0 Å². The second-order valence-corrected chi connectivity index (χ2v) is 7.54. The lowest BCUT2D eigenvalue weighted by Gasteiger charge is -2.30. The van der Waals surface area contributed by atoms with Gasteiger partial charge >= 0.3 is 0 Å². The molecule has 0 saturated carbocycles. The topological polar surface area (TPSA) is 99.8 Å². The summed E-state index contributed by atoms with van der Waals surface area (Å²) in [4.78, 5) is 23.5. The van der Waals surface area contributed by atoms with Crippen LogP contribution in [-0.4, -0.2) is 60.4 Å². The number of rotatable bonds is 7. The molecule has 4 rings (SSSR count). The maximum absolute atomic E-state index is 12.9. The van der Waals surface area contributed by atoms with Gasteiger partial charge in [0.25, 0.3) is 5.89 Å². The molecule has 3 heterocycles. The number of nitrogens with zero attached hydrogens (tertiary/aromatic N) is 4. The zero-order valence-corrected chi connectivity index (χ0v) is 18.4. The molecule has 0 unspecified atom stereocenters. The van der Waals surface area contributed by atoms with Gasteiger partial charge in [-0.25, -0.2) is 0 Å². The van der Waals surface area contributed by atoms with Crippen molar-refractivity contribution >= 4 is 5.91 Å². The van der Waals surface area contributed by atoms with E-state index in [4.69, 9.17) is 18.7 Å². The molecule has 1 saturated heterocycles. The predicted molar refractivity (Wildman–Crippen MR) is 116 cm³/mol. The number of methoxy groups -OCH3 is 3. The molecule has 1 amide bonds. The van der Waals surface area contributed by atoms with Crippen molar-refractivity contribution in [2.45, 2.75) is 25.2 Å². The van der Waals surface area contributed by atoms with Gasteiger partial charge in [0, 0.05) is 25.2 Å². The van der Waals surface area contributed by atoms with Gasteiger partial charge in [0.2, 0.25) is 11.7 Å². The summed E-state index contributed by atoms with van der Waals surface area (Å²) in [6.07, 6.45) is 3.51. The molecule has 1 aromatic carbocycles. The second kappa shape index (κ2) is 9.67. The highest BCUT2D eigenvalue weighted by molar-refractivity contribution is 5.79. The van der Waals surface area contributed by atoms with Crippen LogP contribution in [0.5, 0.6) is 17.2 Å². The summed E-state index contributed by atoms with van der Waals surface area (Å²) in [6, 6.07) is 9.17. The zero-order valence-electron chi connectivity index (χ0n) is 18.4. The molecule has 3 aromatic rings. The van der Waals surface area contributed by atoms with Gasteiger partial charge < -0.3 is 23.6 Å². The standard InChI is InChI=1S/C23H26N4O5/c1-29-18-12-15(13-19(30-2)21(18)31-3)14-20(28)27-10-7-16(8-11-27)22-25-23(32-26-22)17-6-4-5-9-24-17/h4-6,9,12-13,16H,7-8,10-11,14H2,1-3H3. The van der Waals surface area contributed by atoms with Crippen LogP contribution in [0.25, 0.3) is 11.6 Å². The molecular weight excluding hydrogens is 412 g/mol. The molecule has 0 spiro atoms. The van der Waals surface area contributed by atoms with Crippen molar-refractivity contribution in [1.82, 2.24) is 20.0 Å². The average Bonchev–Trinajstić information content (AvgIpc) is 3.34. The van der Waals surface area contributed by atoms with E-state index in [0.717, 1.165) is 18.4 Å². The Morgan fingerprint density at radius 3 is 2.41 bits per heavy atom. The Hall–Kier alpha value is -3.62. The number of hydrogen-bond donors (Lipinski definition) is 0. The third kappa shape index (κ3) is 4.51. The first-order valence-electron chi connectivity index (χ1n) is 10.4. The summed E-state index contributed by atoms with van der Waals surface area (Å²) in [7, 11) is 4.67. The van der Waals surface area contributed by atoms with E-state index in [-0.39, 0.29) is 18.2 Å². The molecule has 0 bridgehead atoms. The van der Waals surface area contributed by atoms with Crippen molar-refractivity contribution in [2.24, 2.45) is 0 Å². The predicted octanol–water partition coefficient (Wildman–Crippen LogP) is 3.11. The van der Waals surface area contributed by atoms with Crippen molar-refractivity contribution in [3.63, 3.8) is 0 Å². The molecule has 0 aliphatic carbocycles. The molecular formula is C23H26N4O5. The molecule has 32 heavy (non-hydrogen) atoms. The number of piperidine rings is 1. The largest absolute Gasteiger partial charge is 0.493 e. The third-order valence-electron chi connectivity index (χ3n) is 5.62. The van der Waals surface area contributed by atoms with E-state index < -0.39 is 0 Å². The van der Waals surface area contributed by atoms with Crippen molar-refractivity contribution in [3.8, 4) is 28.8 Å². The van der Waals surface area contributed by atoms with Gasteiger partial charge in [-0.15, -0.1) is 0 Å². The number of amides is 1. The van der Waals surface area contributed by atoms with E-state index >= 15 is 0 Å². The fourth-order valence-corrected chi connectivity index (χ4v) is 3.90. The fraction of sp³-hybridized carbons (Fsp3) is 0.391. The van der Waals surface area contributed by atoms with Crippen LogP contribution in [0.4, 0.5) is 0 Å². The first-order chi connectivity index (χ1) is 15.6. The number of aromatic nitrogens is 3. The SMILES string of the molecule is COc1cc(CC(=O)N2CCC(c3noc(-c4ccccn4)n3)CC2)cc(OC)c1OC. The summed E-state index contributed by atoms with van der Waals surface area (Å²) in [5, 5.41) is 4.14. The highest BCUT2D eigenvalue weighted by atomic mass is 16.5. The average molecular weight is 438 g/mol. The van der Waals surface area contributed by atoms with Crippen LogP contribution in [0, 0.1) is 0 Å². The third-order valence-corrected chi connectivity index (χ3v) is 5.62. The lowest BCUT2D eigenvalue weighted by atomic mass is 9.95. The highest BCUT2D eigenvalue weighted by Gasteiger charge is 2.27. The van der Waals surface area contributed by atoms with Crippen LogP contribution < -0.4 is 14.2 Å². The van der Waals surface area contributed by atoms with E-state index in [1.807, 2.05) is 35.2 Å². The van der Waals surface area contributed by atoms with E-state index in [1.54, 1.807) is 27.5 Å². The molecule has 0 atom stereocenters. The maximum Gasteiger partial charge on any atom is 0.276 e. The first-order valence-corrected chi connectivity index (χ1v) is 10.4. The van der Waals surface area contributed by atoms with E-state index in [0.29, 0.717) is 47.7 Å². The van der Waals surface area contributed by atoms with Gasteiger partial charge in [-0.2, -0.15) is 4.98 Å². The highest BCUT2D eigenvalue weighted by Crippen LogP contribution is 2.38. The Balaban J connectivity index is 1.38. The Bertz CT molecular complexity index is 1040. The van der Waals surface area contributed by atoms with Crippen molar-refractivity contribution < 1.29 is 23.5 Å². The number of ether oxygens (including phenoxy) is 3. The van der Waals surface area contributed by atoms with Crippen molar-refractivity contribution in [2.75, 3.05) is 34.4 Å². The van der Waals surface area contributed by atoms with Gasteiger partial charge in [-0.05, 0) is 42.7 Å². The summed E-state index contributed by atoms with van der Waals surface area (Å²) in [5.74, 6) is 2.88. The number of carbonyl (C=O) groups is 1. The fourth-order valence-electron chi connectivity index (χ4n) is 3.90. The quantitative estimate of drug-likeness (QED) is 0.555. The Morgan fingerprint density at radius 1 is 1.09 bits per heavy atom. The summed E-state index contributed by atoms with van der Waals surface area (Å²) in [5.41, 5.74) is 1.47. The summed E-state index contributed by atoms with van der Waals surface area (Å²) < 4.78 is 21.5. The number of carbonyl (C=O) groups excluding carboxylic acids is 1. The molecule has 1 fully saturated rings. The van der Waals surface area contributed by atoms with Gasteiger partial charge in [-0.1, -0.05) is 11.2 Å². The number of likely N-dealkylation sites (tertiary alicyclic amines) is 1. The van der Waals surface area contributed by atoms with Crippen LogP contribution in [0.1, 0.15) is 30.1 Å². The molecule has 1 aliphatic rings. The van der Waals surface area contributed by atoms with Crippen LogP contribution in [-0.2, 0) is 11.2 Å². The number of hydrogen-bond acceptors (Lipinski definition) is 8. The maximum atomic E-state index is 12.9. The molecule has 9 heteroatoms. The molecule has 9 nitrogen and oxygen atoms in total. The van der Waals surface area contributed by atoms with E-state index in [1.165, 1.54) is 0 Å². The minimum Gasteiger partial charge on any atom is -0.493 e. The Kier molecular flexibility index (Phi) is 6.53. The van der Waals surface area contributed by atoms with Gasteiger partial charge in [0.1, 0.15) is 5.69 Å². The van der Waals surface area contributed by atoms with Crippen LogP contribution in [0.3, 0.4) is 0 Å². The second-order valence-electron chi connectivity index (χ2n) is 7.54. The van der Waals surface area contributed by atoms with Crippen LogP contribution in [0.2, 0.25) is 0 Å². The van der Waals surface area contributed by atoms with Gasteiger partial charge in [0.15, 0.2) is 17.3 Å². The normalized spacial score (nSPS) is 14.3. The van der Waals surface area contributed by atoms with Gasteiger partial charge in [-0.3, -0.25) is 9.78 Å². The molecule has 2 aromatic heterocycles. The number of benzene rings is 1. The lowest BCUT2D eigenvalue weighted by Crippen LogP contribution is -2.39. The molecule has 168 valence electrons. The smallest absolute Gasteiger partial charge is 0.276 e. The lowest BCUT2D eigenvalue weighted by molar-refractivity contribution is -0.131. The Labute approximate surface area is 186 Å². The molecule has 0 N–H and O–H groups in total. The first kappa shape index (κ1) is 21.6. The van der Waals surface area contributed by atoms with E-state index in [9.17, 15) is 4.79 Å². The van der Waals surface area contributed by atoms with E-state index in [2.05, 4.69) is 15.1 Å². The summed E-state index contributed by atoms with van der Waals surface area (Å²) in [6.45, 7) is 1.28. The molecule has 0 radical (unpaired) electrons. The monoisotopic (exact) mass is 438 g/mol.